The number of nitrogens with zero attached hydrogens (tertiary/aromatic N) is 5. The molecule has 10 rings (SSSR count). The zero-order valence-electron chi connectivity index (χ0n) is 34.9. The average molecular weight is 864 g/mol. The van der Waals surface area contributed by atoms with Gasteiger partial charge in [-0.25, -0.2) is 4.98 Å². The van der Waals surface area contributed by atoms with Crippen LogP contribution in [0.2, 0.25) is 0 Å². The number of carbonyl (C=O) groups is 2. The summed E-state index contributed by atoms with van der Waals surface area (Å²) in [6.45, 7) is 0. The standard InChI is InChI=1S/C53H37N9O4/c63-52(34-5-10-37(11-6-34)59-47-24-29-55-46-4-2-1-3-44(46)47)61-39-14-16-40(17-15-39)65-42-23-28-56-49(32-42)36-9-19-45-48(25-30-57-50(45)31-36)60-38-12-7-35(8-13-38)53(64)62-51-20-18-43(33-58-51)66-41-21-26-54-27-22-41/h1-33H,(H,55,59)(H,57,60)(H,61,63)(H,58,62,64). The number of fused-ring (bicyclic) bond motifs is 2. The molecule has 4 N–H and O–H groups in total. The maximum absolute atomic E-state index is 13.1. The topological polar surface area (TPSA) is 165 Å². The lowest BCUT2D eigenvalue weighted by molar-refractivity contribution is 0.101. The van der Waals surface area contributed by atoms with Gasteiger partial charge in [-0.2, -0.15) is 0 Å². The molecule has 5 aromatic heterocycles. The molecular weight excluding hydrogens is 827 g/mol. The SMILES string of the molecule is O=C(Nc1ccc(Oc2ccnc(-c3ccc4c(Nc5ccc(C(=O)Nc6ccc(Oc7ccncc7)cn6)cc5)ccnc4c3)c2)cc1)c1ccc(Nc2ccnc3ccccc23)cc1. The second-order valence-corrected chi connectivity index (χ2v) is 14.9. The molecule has 0 fully saturated rings. The molecule has 0 atom stereocenters. The number of pyridine rings is 5. The van der Waals surface area contributed by atoms with Gasteiger partial charge < -0.3 is 30.7 Å². The molecule has 2 amide bonds. The fourth-order valence-corrected chi connectivity index (χ4v) is 7.17. The van der Waals surface area contributed by atoms with Crippen LogP contribution in [0, 0.1) is 0 Å². The van der Waals surface area contributed by atoms with Crippen molar-refractivity contribution in [2.24, 2.45) is 0 Å². The van der Waals surface area contributed by atoms with Crippen molar-refractivity contribution in [1.82, 2.24) is 24.9 Å². The molecule has 0 radical (unpaired) electrons. The van der Waals surface area contributed by atoms with Crippen LogP contribution in [0.3, 0.4) is 0 Å². The van der Waals surface area contributed by atoms with Gasteiger partial charge in [0, 0.05) is 93.0 Å². The number of para-hydroxylation sites is 1. The molecule has 10 aromatic rings. The number of nitrogens with one attached hydrogen (secondary N) is 4. The van der Waals surface area contributed by atoms with Crippen molar-refractivity contribution < 1.29 is 19.1 Å². The van der Waals surface area contributed by atoms with E-state index in [-0.39, 0.29) is 11.8 Å². The molecule has 5 aromatic carbocycles. The first-order chi connectivity index (χ1) is 32.5. The number of hydrogen-bond acceptors (Lipinski definition) is 11. The Labute approximate surface area is 378 Å². The van der Waals surface area contributed by atoms with Crippen LogP contribution in [-0.2, 0) is 0 Å². The quantitative estimate of drug-likeness (QED) is 0.0871. The molecule has 318 valence electrons. The minimum Gasteiger partial charge on any atom is -0.457 e. The Hall–Kier alpha value is -9.49. The fourth-order valence-electron chi connectivity index (χ4n) is 7.17. The van der Waals surface area contributed by atoms with Gasteiger partial charge in [0.25, 0.3) is 11.8 Å². The monoisotopic (exact) mass is 863 g/mol. The molecule has 0 unspecified atom stereocenters. The van der Waals surface area contributed by atoms with Crippen molar-refractivity contribution in [3.8, 4) is 34.3 Å². The molecule has 13 nitrogen and oxygen atoms in total. The Bertz CT molecular complexity index is 3330. The van der Waals surface area contributed by atoms with Crippen molar-refractivity contribution in [3.05, 3.63) is 212 Å². The lowest BCUT2D eigenvalue weighted by Gasteiger charge is -2.12. The molecular formula is C53H37N9O4. The van der Waals surface area contributed by atoms with E-state index in [1.165, 1.54) is 0 Å². The number of anilines is 6. The summed E-state index contributed by atoms with van der Waals surface area (Å²) in [6, 6.07) is 50.0. The Morgan fingerprint density at radius 2 is 1.00 bits per heavy atom. The summed E-state index contributed by atoms with van der Waals surface area (Å²) in [4.78, 5) is 48.1. The van der Waals surface area contributed by atoms with Gasteiger partial charge in [0.15, 0.2) is 0 Å². The normalized spacial score (nSPS) is 10.8. The fraction of sp³-hybridized carbons (Fsp3) is 0. The number of carbonyl (C=O) groups excluding carboxylic acids is 2. The van der Waals surface area contributed by atoms with E-state index < -0.39 is 0 Å². The van der Waals surface area contributed by atoms with Crippen LogP contribution in [0.15, 0.2) is 201 Å². The molecule has 0 saturated carbocycles. The van der Waals surface area contributed by atoms with Crippen molar-refractivity contribution >= 4 is 67.9 Å². The first-order valence-electron chi connectivity index (χ1n) is 20.8. The van der Waals surface area contributed by atoms with Gasteiger partial charge >= 0.3 is 0 Å². The van der Waals surface area contributed by atoms with Crippen molar-refractivity contribution in [2.75, 3.05) is 21.3 Å². The zero-order chi connectivity index (χ0) is 44.7. The van der Waals surface area contributed by atoms with E-state index in [9.17, 15) is 9.59 Å². The Morgan fingerprint density at radius 1 is 0.424 bits per heavy atom. The van der Waals surface area contributed by atoms with Gasteiger partial charge in [-0.15, -0.1) is 0 Å². The lowest BCUT2D eigenvalue weighted by atomic mass is 10.1. The number of rotatable bonds is 13. The predicted octanol–water partition coefficient (Wildman–Crippen LogP) is 12.2. The maximum Gasteiger partial charge on any atom is 0.256 e. The largest absolute Gasteiger partial charge is 0.457 e. The summed E-state index contributed by atoms with van der Waals surface area (Å²) in [6.07, 6.45) is 10.1. The summed E-state index contributed by atoms with van der Waals surface area (Å²) in [5.41, 5.74) is 8.36. The van der Waals surface area contributed by atoms with Crippen LogP contribution in [0.4, 0.5) is 34.3 Å². The molecule has 0 aliphatic heterocycles. The average Bonchev–Trinajstić information content (AvgIpc) is 3.36. The van der Waals surface area contributed by atoms with Crippen molar-refractivity contribution in [1.29, 1.82) is 0 Å². The first-order valence-corrected chi connectivity index (χ1v) is 20.8. The Balaban J connectivity index is 0.739. The van der Waals surface area contributed by atoms with Crippen molar-refractivity contribution in [2.45, 2.75) is 0 Å². The summed E-state index contributed by atoms with van der Waals surface area (Å²) in [7, 11) is 0. The molecule has 0 saturated heterocycles. The number of hydrogen-bond donors (Lipinski definition) is 4. The van der Waals surface area contributed by atoms with Crippen LogP contribution in [0.5, 0.6) is 23.0 Å². The third kappa shape index (κ3) is 9.45. The van der Waals surface area contributed by atoms with Crippen LogP contribution in [-0.4, -0.2) is 36.7 Å². The number of benzene rings is 5. The Kier molecular flexibility index (Phi) is 11.4. The highest BCUT2D eigenvalue weighted by Crippen LogP contribution is 2.32. The summed E-state index contributed by atoms with van der Waals surface area (Å²) in [5, 5.41) is 14.6. The van der Waals surface area contributed by atoms with Gasteiger partial charge in [0.05, 0.1) is 22.9 Å². The van der Waals surface area contributed by atoms with E-state index >= 15 is 0 Å². The third-order valence-corrected chi connectivity index (χ3v) is 10.5. The summed E-state index contributed by atoms with van der Waals surface area (Å²) >= 11 is 0. The van der Waals surface area contributed by atoms with E-state index in [1.54, 1.807) is 116 Å². The molecule has 5 heterocycles. The van der Waals surface area contributed by atoms with E-state index in [1.807, 2.05) is 84.9 Å². The highest BCUT2D eigenvalue weighted by atomic mass is 16.5. The zero-order valence-corrected chi connectivity index (χ0v) is 34.9. The first kappa shape index (κ1) is 40.6. The van der Waals surface area contributed by atoms with Crippen molar-refractivity contribution in [3.63, 3.8) is 0 Å². The van der Waals surface area contributed by atoms with Gasteiger partial charge in [-0.3, -0.25) is 29.5 Å². The minimum atomic E-state index is -0.288. The van der Waals surface area contributed by atoms with Gasteiger partial charge in [0.1, 0.15) is 28.8 Å². The second-order valence-electron chi connectivity index (χ2n) is 14.9. The highest BCUT2D eigenvalue weighted by molar-refractivity contribution is 6.05. The molecule has 0 aliphatic carbocycles. The van der Waals surface area contributed by atoms with Gasteiger partial charge in [-0.05, 0) is 127 Å². The number of aromatic nitrogens is 5. The molecule has 0 spiro atoms. The predicted molar refractivity (Wildman–Crippen MR) is 257 cm³/mol. The van der Waals surface area contributed by atoms with E-state index in [0.29, 0.717) is 51.3 Å². The Morgan fingerprint density at radius 3 is 1.70 bits per heavy atom. The molecule has 66 heavy (non-hydrogen) atoms. The number of amides is 2. The second kappa shape index (κ2) is 18.5. The van der Waals surface area contributed by atoms with Crippen LogP contribution >= 0.6 is 0 Å². The summed E-state index contributed by atoms with van der Waals surface area (Å²) in [5.74, 6) is 2.28. The minimum absolute atomic E-state index is 0.224. The maximum atomic E-state index is 13.1. The molecule has 13 heteroatoms. The van der Waals surface area contributed by atoms with E-state index in [2.05, 4.69) is 46.2 Å². The molecule has 0 aliphatic rings. The smallest absolute Gasteiger partial charge is 0.256 e. The summed E-state index contributed by atoms with van der Waals surface area (Å²) < 4.78 is 11.9. The lowest BCUT2D eigenvalue weighted by Crippen LogP contribution is -2.12. The third-order valence-electron chi connectivity index (χ3n) is 10.5. The molecule has 0 bridgehead atoms. The number of ether oxygens (including phenoxy) is 2. The highest BCUT2D eigenvalue weighted by Gasteiger charge is 2.12. The van der Waals surface area contributed by atoms with Crippen LogP contribution in [0.1, 0.15) is 20.7 Å². The van der Waals surface area contributed by atoms with Crippen LogP contribution < -0.4 is 30.7 Å². The van der Waals surface area contributed by atoms with Crippen LogP contribution in [0.25, 0.3) is 33.1 Å². The van der Waals surface area contributed by atoms with E-state index in [0.717, 1.165) is 50.1 Å². The van der Waals surface area contributed by atoms with Gasteiger partial charge in [-0.1, -0.05) is 30.3 Å². The van der Waals surface area contributed by atoms with Gasteiger partial charge in [0.2, 0.25) is 0 Å². The van der Waals surface area contributed by atoms with E-state index in [4.69, 9.17) is 9.47 Å².